The summed E-state index contributed by atoms with van der Waals surface area (Å²) < 4.78 is 106. The van der Waals surface area contributed by atoms with Crippen molar-refractivity contribution in [3.05, 3.63) is 0 Å². The molecule has 0 aromatic rings. The van der Waals surface area contributed by atoms with Crippen molar-refractivity contribution in [2.45, 2.75) is 297 Å². The van der Waals surface area contributed by atoms with E-state index in [-0.39, 0.29) is 33.0 Å². The summed E-state index contributed by atoms with van der Waals surface area (Å²) >= 11 is 0. The normalized spacial score (nSPS) is 16.6. The number of aliphatic hydroxyl groups is 2. The Labute approximate surface area is 533 Å². The minimum atomic E-state index is -3.25. The second-order valence-corrected chi connectivity index (χ2v) is 97.6. The third-order valence-electron chi connectivity index (χ3n) is 10.6. The van der Waals surface area contributed by atoms with Crippen LogP contribution in [-0.4, -0.2) is 201 Å². The first-order chi connectivity index (χ1) is 37.1. The molecule has 0 spiro atoms. The fourth-order valence-electron chi connectivity index (χ4n) is 9.76. The highest BCUT2D eigenvalue weighted by molar-refractivity contribution is 6.92. The van der Waals surface area contributed by atoms with Gasteiger partial charge in [0.05, 0.1) is 13.2 Å². The molecule has 0 aromatic heterocycles. The Morgan fingerprint density at radius 3 is 0.560 bits per heavy atom. The summed E-state index contributed by atoms with van der Waals surface area (Å²) in [5.74, 6) is 0. The maximum absolute atomic E-state index is 11.7. The molecule has 0 radical (unpaired) electrons. The summed E-state index contributed by atoms with van der Waals surface area (Å²) in [6, 6.07) is 2.38. The van der Waals surface area contributed by atoms with E-state index in [1.165, 1.54) is 0 Å². The van der Waals surface area contributed by atoms with E-state index in [0.29, 0.717) is 50.4 Å². The van der Waals surface area contributed by atoms with Crippen LogP contribution in [-0.2, 0) is 64.2 Å². The number of hydrogen-bond acceptors (Lipinski definition) is 17. The van der Waals surface area contributed by atoms with Crippen molar-refractivity contribution in [2.75, 3.05) is 39.6 Å². The summed E-state index contributed by atoms with van der Waals surface area (Å²) in [5.41, 5.74) is 0. The SMILES string of the molecule is C[Si](C)(C)O[Si](C)(CCCO[C@H](CO)[C@@H](OCCC[Si](O[Si](C)(C)C)(O[Si](C)(C)C)O[Si](C)(C)C)[C@@H](OCCC[Si](O[Si](C)(C)C)(O[Si](C)(C)C)O[Si](C)(C)C)[C@H](CO)OCCC[Si](O[Si](C)(C)C)(O[Si](C)(C)C)O[Si](C)(C)C)O[Si](C)(C)C. The van der Waals surface area contributed by atoms with E-state index in [1.54, 1.807) is 0 Å². The van der Waals surface area contributed by atoms with Gasteiger partial charge < -0.3 is 74.4 Å². The average Bonchev–Trinajstić information content (AvgIpc) is 3.14. The Morgan fingerprint density at radius 1 is 0.226 bits per heavy atom. The van der Waals surface area contributed by atoms with Gasteiger partial charge in [-0.1, -0.05) is 0 Å². The van der Waals surface area contributed by atoms with Gasteiger partial charge in [0.1, 0.15) is 24.4 Å². The van der Waals surface area contributed by atoms with Gasteiger partial charge in [-0.05, 0) is 254 Å². The Bertz CT molecular complexity index is 1700. The highest BCUT2D eigenvalue weighted by Gasteiger charge is 2.53. The standard InChI is InChI=1S/C52H136O17Si15/c1-70(2,3)59-81(34,60-71(4,5)6)43-35-39-55-49(47-53)51(57-41-37-45-83(64-75(16,17)18,65-76(19,20)21)66-77(22,23)24)52(58-42-38-46-84(67-78(25,26)27,68-79(28,29)30)69-80(31,32)33)50(48-54)56-40-36-44-82(61-72(7,8)9,62-73(10,11)12)63-74(13,14)15/h49-54H,35-48H2,1-34H3/t49-,50+,51-,52+/m1/s1. The maximum atomic E-state index is 11.7. The Balaban J connectivity index is 8.11. The predicted molar refractivity (Wildman–Crippen MR) is 388 cm³/mol. The molecule has 0 saturated carbocycles. The summed E-state index contributed by atoms with van der Waals surface area (Å²) in [7, 11) is -35.8. The van der Waals surface area contributed by atoms with Crippen LogP contribution in [0, 0.1) is 0 Å². The van der Waals surface area contributed by atoms with Gasteiger partial charge in [0.15, 0.2) is 91.5 Å². The van der Waals surface area contributed by atoms with Crippen molar-refractivity contribution in [2.24, 2.45) is 0 Å². The number of ether oxygens (including phenoxy) is 4. The summed E-state index contributed by atoms with van der Waals surface area (Å²) in [6.45, 7) is 75.0. The molecule has 0 amide bonds. The Hall–Kier alpha value is 2.57. The average molecular weight is 1450 g/mol. The first kappa shape index (κ1) is 86.6. The van der Waals surface area contributed by atoms with Crippen LogP contribution in [0.3, 0.4) is 0 Å². The molecule has 0 fully saturated rings. The van der Waals surface area contributed by atoms with Gasteiger partial charge in [0.2, 0.25) is 0 Å². The first-order valence-electron chi connectivity index (χ1n) is 31.5. The molecule has 0 rings (SSSR count). The van der Waals surface area contributed by atoms with E-state index >= 15 is 0 Å². The molecule has 84 heavy (non-hydrogen) atoms. The van der Waals surface area contributed by atoms with Crippen molar-refractivity contribution in [1.29, 1.82) is 0 Å². The van der Waals surface area contributed by atoms with Crippen LogP contribution in [0.5, 0.6) is 0 Å². The van der Waals surface area contributed by atoms with E-state index in [0.717, 1.165) is 6.04 Å². The molecule has 0 aliphatic heterocycles. The molecular weight excluding hydrogens is 1320 g/mol. The minimum Gasteiger partial charge on any atom is -0.437 e. The summed E-state index contributed by atoms with van der Waals surface area (Å²) in [5, 5.41) is 23.3. The lowest BCUT2D eigenvalue weighted by molar-refractivity contribution is -0.191. The molecule has 0 bridgehead atoms. The van der Waals surface area contributed by atoms with Gasteiger partial charge in [-0.2, -0.15) is 0 Å². The lowest BCUT2D eigenvalue weighted by Crippen LogP contribution is -2.60. The lowest BCUT2D eigenvalue weighted by atomic mass is 10.0. The first-order valence-corrected chi connectivity index (χ1v) is 77.3. The van der Waals surface area contributed by atoms with Crippen molar-refractivity contribution in [3.8, 4) is 0 Å². The Kier molecular flexibility index (Phi) is 35.4. The highest BCUT2D eigenvalue weighted by Crippen LogP contribution is 2.35. The zero-order valence-corrected chi connectivity index (χ0v) is 75.7. The summed E-state index contributed by atoms with van der Waals surface area (Å²) in [4.78, 5) is 0. The summed E-state index contributed by atoms with van der Waals surface area (Å²) in [6.07, 6.45) is -1.27. The van der Waals surface area contributed by atoms with Crippen molar-refractivity contribution < 1.29 is 74.4 Å². The molecule has 506 valence electrons. The van der Waals surface area contributed by atoms with Crippen LogP contribution in [0.4, 0.5) is 0 Å². The highest BCUT2D eigenvalue weighted by atomic mass is 28.5. The minimum absolute atomic E-state index is 0.241. The van der Waals surface area contributed by atoms with Gasteiger partial charge in [-0.3, -0.25) is 0 Å². The molecule has 0 aliphatic carbocycles. The fourth-order valence-corrected chi connectivity index (χ4v) is 66.1. The number of hydrogen-bond donors (Lipinski definition) is 2. The Morgan fingerprint density at radius 2 is 0.393 bits per heavy atom. The van der Waals surface area contributed by atoms with Crippen molar-refractivity contribution in [3.63, 3.8) is 0 Å². The van der Waals surface area contributed by atoms with E-state index in [4.69, 9.17) is 64.2 Å². The molecule has 0 aromatic carbocycles. The van der Waals surface area contributed by atoms with Gasteiger partial charge in [0, 0.05) is 44.6 Å². The number of rotatable bonds is 47. The number of aliphatic hydroxyl groups excluding tert-OH is 2. The van der Waals surface area contributed by atoms with Crippen LogP contribution in [0.15, 0.2) is 0 Å². The van der Waals surface area contributed by atoms with Crippen molar-refractivity contribution >= 4 is 126 Å². The van der Waals surface area contributed by atoms with E-state index < -0.39 is 151 Å². The topological polar surface area (TPSA) is 179 Å². The second kappa shape index (κ2) is 34.3. The van der Waals surface area contributed by atoms with Crippen LogP contribution in [0.1, 0.15) is 25.7 Å². The van der Waals surface area contributed by atoms with E-state index in [2.05, 4.69) is 223 Å². The maximum Gasteiger partial charge on any atom is 0.469 e. The van der Waals surface area contributed by atoms with Crippen LogP contribution in [0.25, 0.3) is 0 Å². The molecule has 32 heteroatoms. The van der Waals surface area contributed by atoms with E-state index in [1.807, 2.05) is 0 Å². The molecule has 0 saturated heterocycles. The predicted octanol–water partition coefficient (Wildman–Crippen LogP) is 15.3. The molecule has 2 N–H and O–H groups in total. The molecule has 0 heterocycles. The molecule has 0 unspecified atom stereocenters. The van der Waals surface area contributed by atoms with Crippen molar-refractivity contribution in [1.82, 2.24) is 0 Å². The van der Waals surface area contributed by atoms with Crippen LogP contribution < -0.4 is 0 Å². The molecule has 17 nitrogen and oxygen atoms in total. The van der Waals surface area contributed by atoms with Crippen LogP contribution in [0.2, 0.25) is 247 Å². The fraction of sp³-hybridized carbons (Fsp3) is 1.00. The van der Waals surface area contributed by atoms with Gasteiger partial charge in [-0.15, -0.1) is 0 Å². The van der Waals surface area contributed by atoms with Gasteiger partial charge in [0.25, 0.3) is 0 Å². The lowest BCUT2D eigenvalue weighted by Gasteiger charge is -2.43. The molecule has 4 atom stereocenters. The second-order valence-electron chi connectivity index (χ2n) is 33.8. The third-order valence-corrected chi connectivity index (χ3v) is 56.3. The molecule has 0 aliphatic rings. The van der Waals surface area contributed by atoms with E-state index in [9.17, 15) is 10.2 Å². The monoisotopic (exact) mass is 1450 g/mol. The van der Waals surface area contributed by atoms with Gasteiger partial charge >= 0.3 is 35.0 Å². The molecular formula is C52H136O17Si15. The van der Waals surface area contributed by atoms with Gasteiger partial charge in [-0.25, -0.2) is 0 Å². The third kappa shape index (κ3) is 43.5. The zero-order valence-electron chi connectivity index (χ0n) is 60.7. The van der Waals surface area contributed by atoms with Crippen LogP contribution >= 0.6 is 0 Å². The largest absolute Gasteiger partial charge is 0.469 e. The quantitative estimate of drug-likeness (QED) is 0.0434. The zero-order chi connectivity index (χ0) is 66.3. The smallest absolute Gasteiger partial charge is 0.437 e.